The van der Waals surface area contributed by atoms with Crippen molar-refractivity contribution < 1.29 is 0 Å². The number of anilines is 1. The molecule has 2 N–H and O–H groups in total. The third kappa shape index (κ3) is 1.61. The molecule has 0 fully saturated rings. The summed E-state index contributed by atoms with van der Waals surface area (Å²) in [5.41, 5.74) is 9.57. The van der Waals surface area contributed by atoms with Crippen molar-refractivity contribution in [1.82, 2.24) is 9.97 Å². The quantitative estimate of drug-likeness (QED) is 0.777. The van der Waals surface area contributed by atoms with Crippen LogP contribution >= 0.6 is 11.3 Å². The summed E-state index contributed by atoms with van der Waals surface area (Å²) in [7, 11) is 0. The molecule has 4 heteroatoms. The molecule has 0 aliphatic rings. The maximum Gasteiger partial charge on any atom is 0.180 e. The van der Waals surface area contributed by atoms with E-state index in [0.717, 1.165) is 22.6 Å². The molecule has 2 heterocycles. The molecule has 2 rings (SSSR count). The number of nitrogen functional groups attached to an aromatic ring is 1. The highest BCUT2D eigenvalue weighted by Gasteiger charge is 2.06. The molecular formula is C10H11N3S. The normalized spacial score (nSPS) is 10.4. The molecular weight excluding hydrogens is 194 g/mol. The Morgan fingerprint density at radius 1 is 1.21 bits per heavy atom. The fraction of sp³-hybridized carbons (Fsp3) is 0.200. The van der Waals surface area contributed by atoms with Gasteiger partial charge in [0, 0.05) is 22.3 Å². The fourth-order valence-corrected chi connectivity index (χ4v) is 1.93. The number of hydrogen-bond donors (Lipinski definition) is 1. The Bertz CT molecular complexity index is 462. The first-order chi connectivity index (χ1) is 6.66. The van der Waals surface area contributed by atoms with Crippen LogP contribution in [-0.4, -0.2) is 9.97 Å². The Morgan fingerprint density at radius 2 is 2.00 bits per heavy atom. The van der Waals surface area contributed by atoms with E-state index >= 15 is 0 Å². The second-order valence-corrected chi connectivity index (χ2v) is 4.05. The molecule has 14 heavy (non-hydrogen) atoms. The van der Waals surface area contributed by atoms with Crippen LogP contribution in [0.1, 0.15) is 11.4 Å². The van der Waals surface area contributed by atoms with Crippen molar-refractivity contribution in [3.63, 3.8) is 0 Å². The Morgan fingerprint density at radius 3 is 2.57 bits per heavy atom. The average Bonchev–Trinajstić information content (AvgIpc) is 2.51. The Balaban J connectivity index is 2.52. The molecule has 0 atom stereocenters. The summed E-state index contributed by atoms with van der Waals surface area (Å²) in [6.07, 6.45) is 0. The van der Waals surface area contributed by atoms with E-state index in [4.69, 9.17) is 5.73 Å². The second kappa shape index (κ2) is 3.38. The first-order valence-corrected chi connectivity index (χ1v) is 5.20. The van der Waals surface area contributed by atoms with E-state index in [-0.39, 0.29) is 0 Å². The van der Waals surface area contributed by atoms with Crippen molar-refractivity contribution in [3.8, 4) is 11.3 Å². The molecule has 0 unspecified atom stereocenters. The zero-order valence-corrected chi connectivity index (χ0v) is 8.93. The predicted octanol–water partition coefficient (Wildman–Crippen LogP) is 2.40. The molecule has 3 nitrogen and oxygen atoms in total. The van der Waals surface area contributed by atoms with Crippen LogP contribution in [0.25, 0.3) is 11.3 Å². The van der Waals surface area contributed by atoms with Crippen molar-refractivity contribution in [2.45, 2.75) is 13.8 Å². The van der Waals surface area contributed by atoms with E-state index in [1.54, 1.807) is 0 Å². The molecule has 2 aromatic heterocycles. The molecule has 0 aromatic carbocycles. The molecule has 0 bridgehead atoms. The minimum Gasteiger partial charge on any atom is -0.375 e. The summed E-state index contributed by atoms with van der Waals surface area (Å²) in [5, 5.41) is 2.55. The lowest BCUT2D eigenvalue weighted by Gasteiger charge is -2.02. The van der Waals surface area contributed by atoms with Crippen LogP contribution in [0.2, 0.25) is 0 Å². The number of rotatable bonds is 1. The zero-order chi connectivity index (χ0) is 10.1. The zero-order valence-electron chi connectivity index (χ0n) is 8.11. The van der Waals surface area contributed by atoms with Gasteiger partial charge in [0.2, 0.25) is 0 Å². The lowest BCUT2D eigenvalue weighted by Crippen LogP contribution is -1.90. The number of pyridine rings is 1. The SMILES string of the molecule is Cc1ccc(-c2csc(N)n2)c(C)n1. The van der Waals surface area contributed by atoms with Crippen LogP contribution in [0.15, 0.2) is 17.5 Å². The number of thiazole rings is 1. The minimum atomic E-state index is 0.597. The maximum atomic E-state index is 5.58. The summed E-state index contributed by atoms with van der Waals surface area (Å²) in [6.45, 7) is 3.96. The van der Waals surface area contributed by atoms with Gasteiger partial charge in [-0.3, -0.25) is 4.98 Å². The smallest absolute Gasteiger partial charge is 0.180 e. The van der Waals surface area contributed by atoms with Crippen molar-refractivity contribution >= 4 is 16.5 Å². The standard InChI is InChI=1S/C10H11N3S/c1-6-3-4-8(7(2)12-6)9-5-14-10(11)13-9/h3-5H,1-2H3,(H2,11,13). The summed E-state index contributed by atoms with van der Waals surface area (Å²) < 4.78 is 0. The monoisotopic (exact) mass is 205 g/mol. The number of aryl methyl sites for hydroxylation is 2. The van der Waals surface area contributed by atoms with Gasteiger partial charge in [0.05, 0.1) is 5.69 Å². The van der Waals surface area contributed by atoms with Gasteiger partial charge in [0.1, 0.15) is 0 Å². The lowest BCUT2D eigenvalue weighted by molar-refractivity contribution is 1.12. The summed E-state index contributed by atoms with van der Waals surface area (Å²) in [4.78, 5) is 8.61. The predicted molar refractivity (Wildman–Crippen MR) is 59.2 cm³/mol. The molecule has 0 saturated heterocycles. The molecule has 2 aromatic rings. The average molecular weight is 205 g/mol. The highest BCUT2D eigenvalue weighted by molar-refractivity contribution is 7.13. The fourth-order valence-electron chi connectivity index (χ4n) is 1.37. The third-order valence-corrected chi connectivity index (χ3v) is 2.70. The van der Waals surface area contributed by atoms with Gasteiger partial charge < -0.3 is 5.73 Å². The first kappa shape index (κ1) is 9.15. The maximum absolute atomic E-state index is 5.58. The highest BCUT2D eigenvalue weighted by Crippen LogP contribution is 2.24. The summed E-state index contributed by atoms with van der Waals surface area (Å²) in [5.74, 6) is 0. The Labute approximate surface area is 86.6 Å². The van der Waals surface area contributed by atoms with E-state index in [1.807, 2.05) is 31.4 Å². The van der Waals surface area contributed by atoms with E-state index in [0.29, 0.717) is 5.13 Å². The van der Waals surface area contributed by atoms with E-state index in [2.05, 4.69) is 9.97 Å². The van der Waals surface area contributed by atoms with Crippen molar-refractivity contribution in [2.24, 2.45) is 0 Å². The van der Waals surface area contributed by atoms with Crippen molar-refractivity contribution in [1.29, 1.82) is 0 Å². The summed E-state index contributed by atoms with van der Waals surface area (Å²) in [6, 6.07) is 4.02. The molecule has 0 aliphatic carbocycles. The first-order valence-electron chi connectivity index (χ1n) is 4.32. The molecule has 0 saturated carbocycles. The van der Waals surface area contributed by atoms with Gasteiger partial charge in [0.25, 0.3) is 0 Å². The van der Waals surface area contributed by atoms with Crippen molar-refractivity contribution in [2.75, 3.05) is 5.73 Å². The van der Waals surface area contributed by atoms with Crippen LogP contribution in [0.4, 0.5) is 5.13 Å². The second-order valence-electron chi connectivity index (χ2n) is 3.16. The van der Waals surface area contributed by atoms with Crippen LogP contribution < -0.4 is 5.73 Å². The number of nitrogens with two attached hydrogens (primary N) is 1. The van der Waals surface area contributed by atoms with Crippen LogP contribution in [0, 0.1) is 13.8 Å². The van der Waals surface area contributed by atoms with Crippen molar-refractivity contribution in [3.05, 3.63) is 28.9 Å². The van der Waals surface area contributed by atoms with E-state index < -0.39 is 0 Å². The van der Waals surface area contributed by atoms with Gasteiger partial charge >= 0.3 is 0 Å². The number of hydrogen-bond acceptors (Lipinski definition) is 4. The van der Waals surface area contributed by atoms with Gasteiger partial charge in [-0.05, 0) is 26.0 Å². The third-order valence-electron chi connectivity index (χ3n) is 2.02. The van der Waals surface area contributed by atoms with Crippen LogP contribution in [0.3, 0.4) is 0 Å². The Hall–Kier alpha value is -1.42. The van der Waals surface area contributed by atoms with E-state index in [1.165, 1.54) is 11.3 Å². The van der Waals surface area contributed by atoms with Crippen LogP contribution in [-0.2, 0) is 0 Å². The Kier molecular flexibility index (Phi) is 2.21. The van der Waals surface area contributed by atoms with Gasteiger partial charge in [-0.25, -0.2) is 4.98 Å². The molecule has 0 aliphatic heterocycles. The molecule has 72 valence electrons. The molecule has 0 amide bonds. The number of aromatic nitrogens is 2. The van der Waals surface area contributed by atoms with Gasteiger partial charge in [-0.2, -0.15) is 0 Å². The lowest BCUT2D eigenvalue weighted by atomic mass is 10.1. The minimum absolute atomic E-state index is 0.597. The number of nitrogens with zero attached hydrogens (tertiary/aromatic N) is 2. The van der Waals surface area contributed by atoms with Gasteiger partial charge in [0.15, 0.2) is 5.13 Å². The van der Waals surface area contributed by atoms with Crippen LogP contribution in [0.5, 0.6) is 0 Å². The van der Waals surface area contributed by atoms with Gasteiger partial charge in [-0.1, -0.05) is 0 Å². The highest BCUT2D eigenvalue weighted by atomic mass is 32.1. The van der Waals surface area contributed by atoms with Gasteiger partial charge in [-0.15, -0.1) is 11.3 Å². The topological polar surface area (TPSA) is 51.8 Å². The molecule has 0 radical (unpaired) electrons. The van der Waals surface area contributed by atoms with E-state index in [9.17, 15) is 0 Å². The molecule has 0 spiro atoms. The largest absolute Gasteiger partial charge is 0.375 e. The summed E-state index contributed by atoms with van der Waals surface area (Å²) >= 11 is 1.45.